The van der Waals surface area contributed by atoms with Crippen LogP contribution in [-0.4, -0.2) is 22.4 Å². The molecule has 2 bridgehead atoms. The predicted octanol–water partition coefficient (Wildman–Crippen LogP) is 1.24. The van der Waals surface area contributed by atoms with Gasteiger partial charge >= 0.3 is 0 Å². The van der Waals surface area contributed by atoms with Crippen molar-refractivity contribution < 1.29 is 9.84 Å². The highest BCUT2D eigenvalue weighted by Crippen LogP contribution is 2.42. The largest absolute Gasteiger partial charge is 0.393 e. The molecule has 1 fully saturated rings. The van der Waals surface area contributed by atoms with Gasteiger partial charge in [-0.15, -0.1) is 0 Å². The van der Waals surface area contributed by atoms with Crippen molar-refractivity contribution in [1.29, 1.82) is 0 Å². The first kappa shape index (κ1) is 7.32. The quantitative estimate of drug-likeness (QED) is 0.532. The first-order valence-corrected chi connectivity index (χ1v) is 4.10. The molecule has 2 nitrogen and oxygen atoms in total. The van der Waals surface area contributed by atoms with Gasteiger partial charge in [0, 0.05) is 12.8 Å². The van der Waals surface area contributed by atoms with Gasteiger partial charge in [-0.3, -0.25) is 0 Å². The molecule has 1 N–H and O–H groups in total. The van der Waals surface area contributed by atoms with Gasteiger partial charge in [-0.05, 0) is 13.8 Å². The SMILES string of the molecule is C[C@]12C=C[C@](C)(C[C@H](O)C1)O2. The number of hydrogen-bond acceptors (Lipinski definition) is 2. The summed E-state index contributed by atoms with van der Waals surface area (Å²) in [5.41, 5.74) is -0.404. The van der Waals surface area contributed by atoms with Gasteiger partial charge in [0.2, 0.25) is 0 Å². The first-order valence-electron chi connectivity index (χ1n) is 4.10. The molecule has 0 aromatic rings. The molecule has 0 spiro atoms. The number of hydrogen-bond donors (Lipinski definition) is 1. The highest BCUT2D eigenvalue weighted by Gasteiger charge is 2.45. The summed E-state index contributed by atoms with van der Waals surface area (Å²) in [6, 6.07) is 0. The van der Waals surface area contributed by atoms with Crippen LogP contribution in [0.3, 0.4) is 0 Å². The molecule has 62 valence electrons. The van der Waals surface area contributed by atoms with Crippen molar-refractivity contribution in [3.05, 3.63) is 12.2 Å². The second-order valence-corrected chi connectivity index (χ2v) is 4.12. The van der Waals surface area contributed by atoms with E-state index in [0.29, 0.717) is 0 Å². The van der Waals surface area contributed by atoms with Crippen LogP contribution in [0, 0.1) is 0 Å². The van der Waals surface area contributed by atoms with E-state index in [1.807, 2.05) is 13.8 Å². The number of fused-ring (bicyclic) bond motifs is 2. The van der Waals surface area contributed by atoms with Crippen LogP contribution in [0.2, 0.25) is 0 Å². The molecule has 0 amide bonds. The summed E-state index contributed by atoms with van der Waals surface area (Å²) in [4.78, 5) is 0. The van der Waals surface area contributed by atoms with Gasteiger partial charge in [-0.1, -0.05) is 12.2 Å². The molecule has 0 saturated carbocycles. The minimum atomic E-state index is -0.202. The van der Waals surface area contributed by atoms with E-state index in [-0.39, 0.29) is 17.3 Å². The summed E-state index contributed by atoms with van der Waals surface area (Å²) in [6.07, 6.45) is 5.42. The van der Waals surface area contributed by atoms with E-state index < -0.39 is 0 Å². The average Bonchev–Trinajstić information content (AvgIpc) is 2.01. The summed E-state index contributed by atoms with van der Waals surface area (Å²) >= 11 is 0. The summed E-state index contributed by atoms with van der Waals surface area (Å²) < 4.78 is 5.77. The Bertz CT molecular complexity index is 192. The molecule has 0 radical (unpaired) electrons. The molecule has 1 saturated heterocycles. The lowest BCUT2D eigenvalue weighted by Crippen LogP contribution is -2.43. The van der Waals surface area contributed by atoms with E-state index in [4.69, 9.17) is 4.74 Å². The number of aliphatic hydroxyl groups excluding tert-OH is 1. The van der Waals surface area contributed by atoms with Crippen LogP contribution in [-0.2, 0) is 4.74 Å². The van der Waals surface area contributed by atoms with Crippen molar-refractivity contribution in [2.24, 2.45) is 0 Å². The monoisotopic (exact) mass is 154 g/mol. The van der Waals surface area contributed by atoms with Gasteiger partial charge in [-0.25, -0.2) is 0 Å². The zero-order chi connectivity index (χ0) is 8.11. The van der Waals surface area contributed by atoms with Gasteiger partial charge < -0.3 is 9.84 Å². The highest BCUT2D eigenvalue weighted by molar-refractivity contribution is 5.19. The lowest BCUT2D eigenvalue weighted by atomic mass is 9.91. The van der Waals surface area contributed by atoms with Crippen LogP contribution in [0.15, 0.2) is 12.2 Å². The Morgan fingerprint density at radius 3 is 2.18 bits per heavy atom. The number of aliphatic hydroxyl groups is 1. The van der Waals surface area contributed by atoms with Gasteiger partial charge in [-0.2, -0.15) is 0 Å². The maximum Gasteiger partial charge on any atom is 0.0871 e. The minimum Gasteiger partial charge on any atom is -0.393 e. The fourth-order valence-corrected chi connectivity index (χ4v) is 2.18. The van der Waals surface area contributed by atoms with Gasteiger partial charge in [0.15, 0.2) is 0 Å². The third-order valence-electron chi connectivity index (χ3n) is 2.54. The molecular weight excluding hydrogens is 140 g/mol. The van der Waals surface area contributed by atoms with Crippen molar-refractivity contribution in [2.45, 2.75) is 44.0 Å². The summed E-state index contributed by atoms with van der Waals surface area (Å²) in [6.45, 7) is 4.05. The Morgan fingerprint density at radius 1 is 1.27 bits per heavy atom. The first-order chi connectivity index (χ1) is 5.02. The molecule has 11 heavy (non-hydrogen) atoms. The van der Waals surface area contributed by atoms with E-state index in [1.165, 1.54) is 0 Å². The van der Waals surface area contributed by atoms with Gasteiger partial charge in [0.05, 0.1) is 17.3 Å². The molecule has 2 heteroatoms. The van der Waals surface area contributed by atoms with E-state index in [2.05, 4.69) is 12.2 Å². The molecular formula is C9H14O2. The van der Waals surface area contributed by atoms with Crippen LogP contribution >= 0.6 is 0 Å². The summed E-state index contributed by atoms with van der Waals surface area (Å²) in [5.74, 6) is 0. The van der Waals surface area contributed by atoms with Crippen LogP contribution in [0.1, 0.15) is 26.7 Å². The van der Waals surface area contributed by atoms with Crippen molar-refractivity contribution in [3.8, 4) is 0 Å². The van der Waals surface area contributed by atoms with E-state index >= 15 is 0 Å². The van der Waals surface area contributed by atoms with Crippen LogP contribution in [0.5, 0.6) is 0 Å². The van der Waals surface area contributed by atoms with Gasteiger partial charge in [0.1, 0.15) is 0 Å². The Hall–Kier alpha value is -0.340. The van der Waals surface area contributed by atoms with E-state index in [9.17, 15) is 5.11 Å². The average molecular weight is 154 g/mol. The normalized spacial score (nSPS) is 55.0. The molecule has 3 atom stereocenters. The van der Waals surface area contributed by atoms with Crippen molar-refractivity contribution in [1.82, 2.24) is 0 Å². The third kappa shape index (κ3) is 1.10. The second kappa shape index (κ2) is 1.87. The van der Waals surface area contributed by atoms with E-state index in [1.54, 1.807) is 0 Å². The molecule has 0 aliphatic carbocycles. The summed E-state index contributed by atoms with van der Waals surface area (Å²) in [5, 5.41) is 9.50. The van der Waals surface area contributed by atoms with Crippen LogP contribution in [0.4, 0.5) is 0 Å². The molecule has 0 aromatic heterocycles. The summed E-state index contributed by atoms with van der Waals surface area (Å²) in [7, 11) is 0. The fraction of sp³-hybridized carbons (Fsp3) is 0.778. The lowest BCUT2D eigenvalue weighted by Gasteiger charge is -2.38. The number of ether oxygens (including phenoxy) is 1. The smallest absolute Gasteiger partial charge is 0.0871 e. The van der Waals surface area contributed by atoms with E-state index in [0.717, 1.165) is 12.8 Å². The van der Waals surface area contributed by atoms with Gasteiger partial charge in [0.25, 0.3) is 0 Å². The van der Waals surface area contributed by atoms with Crippen molar-refractivity contribution in [3.63, 3.8) is 0 Å². The Labute approximate surface area is 66.9 Å². The maximum atomic E-state index is 9.50. The standard InChI is InChI=1S/C9H14O2/c1-8-3-4-9(2,11-8)6-7(10)5-8/h3-4,7,10H,5-6H2,1-2H3/t7-,8+,9-. The zero-order valence-corrected chi connectivity index (χ0v) is 7.00. The maximum absolute atomic E-state index is 9.50. The van der Waals surface area contributed by atoms with Crippen LogP contribution in [0.25, 0.3) is 0 Å². The second-order valence-electron chi connectivity index (χ2n) is 4.12. The van der Waals surface area contributed by atoms with Crippen molar-refractivity contribution in [2.75, 3.05) is 0 Å². The molecule has 2 aliphatic heterocycles. The highest BCUT2D eigenvalue weighted by atomic mass is 16.5. The zero-order valence-electron chi connectivity index (χ0n) is 7.00. The molecule has 2 rings (SSSR count). The molecule has 0 unspecified atom stereocenters. The topological polar surface area (TPSA) is 29.5 Å². The molecule has 0 aromatic carbocycles. The Balaban J connectivity index is 2.28. The predicted molar refractivity (Wildman–Crippen MR) is 42.3 cm³/mol. The molecule has 2 heterocycles. The Morgan fingerprint density at radius 2 is 1.73 bits per heavy atom. The van der Waals surface area contributed by atoms with Crippen molar-refractivity contribution >= 4 is 0 Å². The fourth-order valence-electron chi connectivity index (χ4n) is 2.18. The lowest BCUT2D eigenvalue weighted by molar-refractivity contribution is -0.142. The minimum absolute atomic E-state index is 0.200. The third-order valence-corrected chi connectivity index (χ3v) is 2.54. The Kier molecular flexibility index (Phi) is 1.25. The molecule has 2 aliphatic rings. The van der Waals surface area contributed by atoms with Crippen LogP contribution < -0.4 is 0 Å². The number of rotatable bonds is 0.